The maximum atomic E-state index is 11.9. The summed E-state index contributed by atoms with van der Waals surface area (Å²) in [6.45, 7) is 20.7. The zero-order chi connectivity index (χ0) is 32.8. The minimum atomic E-state index is -0.926. The zero-order valence-corrected chi connectivity index (χ0v) is 26.8. The van der Waals surface area contributed by atoms with Crippen molar-refractivity contribution in [1.29, 1.82) is 5.41 Å². The van der Waals surface area contributed by atoms with Gasteiger partial charge < -0.3 is 29.5 Å². The van der Waals surface area contributed by atoms with Crippen LogP contribution in [0.4, 0.5) is 4.79 Å². The molecule has 2 aliphatic heterocycles. The molecule has 2 atom stereocenters. The fourth-order valence-corrected chi connectivity index (χ4v) is 4.49. The number of aryl methyl sites for hydroxylation is 1. The minimum Gasteiger partial charge on any atom is -0.504 e. The molecule has 2 fully saturated rings. The topological polar surface area (TPSA) is 140 Å². The number of allylic oxidation sites excluding steroid dienone is 1. The molecule has 12 nitrogen and oxygen atoms in total. The number of amides is 4. The SMILES string of the molecule is C=C(/C=C/OC)C(=O)N(C)CC(C)/C=C\CC.C=C(Oc1ccc(C(=N)N2CCN(CC)CC2)nc1C)C1NC(=O)NC1=O. The second kappa shape index (κ2) is 17.6. The predicted molar refractivity (Wildman–Crippen MR) is 171 cm³/mol. The summed E-state index contributed by atoms with van der Waals surface area (Å²) in [5.74, 6) is 0.711. The van der Waals surface area contributed by atoms with Crippen molar-refractivity contribution in [1.82, 2.24) is 30.3 Å². The van der Waals surface area contributed by atoms with Crippen LogP contribution < -0.4 is 15.4 Å². The Labute approximate surface area is 261 Å². The van der Waals surface area contributed by atoms with Crippen LogP contribution in [0.25, 0.3) is 0 Å². The Morgan fingerprint density at radius 3 is 2.45 bits per heavy atom. The number of carbonyl (C=O) groups is 3. The first-order valence-corrected chi connectivity index (χ1v) is 14.7. The van der Waals surface area contributed by atoms with Gasteiger partial charge in [-0.25, -0.2) is 9.78 Å². The van der Waals surface area contributed by atoms with Gasteiger partial charge in [-0.2, -0.15) is 0 Å². The van der Waals surface area contributed by atoms with E-state index in [9.17, 15) is 14.4 Å². The van der Waals surface area contributed by atoms with Crippen LogP contribution in [0.15, 0.2) is 61.1 Å². The largest absolute Gasteiger partial charge is 0.504 e. The predicted octanol–water partition coefficient (Wildman–Crippen LogP) is 3.22. The Morgan fingerprint density at radius 1 is 1.23 bits per heavy atom. The van der Waals surface area contributed by atoms with Gasteiger partial charge in [-0.15, -0.1) is 0 Å². The van der Waals surface area contributed by atoms with Gasteiger partial charge >= 0.3 is 6.03 Å². The number of hydrogen-bond donors (Lipinski definition) is 3. The monoisotopic (exact) mass is 609 g/mol. The molecule has 0 aromatic carbocycles. The summed E-state index contributed by atoms with van der Waals surface area (Å²) >= 11 is 0. The summed E-state index contributed by atoms with van der Waals surface area (Å²) in [6, 6.07) is 1.92. The molecule has 3 rings (SSSR count). The molecule has 1 aromatic rings. The third kappa shape index (κ3) is 10.7. The zero-order valence-electron chi connectivity index (χ0n) is 26.8. The van der Waals surface area contributed by atoms with Crippen LogP contribution in [0.1, 0.15) is 38.6 Å². The van der Waals surface area contributed by atoms with E-state index in [4.69, 9.17) is 14.9 Å². The molecular weight excluding hydrogens is 562 g/mol. The number of pyridine rings is 1. The van der Waals surface area contributed by atoms with Crippen LogP contribution >= 0.6 is 0 Å². The number of nitrogens with one attached hydrogen (secondary N) is 3. The maximum absolute atomic E-state index is 11.9. The van der Waals surface area contributed by atoms with Gasteiger partial charge in [-0.1, -0.05) is 46.1 Å². The molecule has 0 radical (unpaired) electrons. The highest BCUT2D eigenvalue weighted by Crippen LogP contribution is 2.21. The van der Waals surface area contributed by atoms with E-state index in [-0.39, 0.29) is 11.7 Å². The van der Waals surface area contributed by atoms with Gasteiger partial charge in [0.25, 0.3) is 11.8 Å². The van der Waals surface area contributed by atoms with Crippen molar-refractivity contribution < 1.29 is 23.9 Å². The van der Waals surface area contributed by atoms with Crippen molar-refractivity contribution in [3.05, 3.63) is 72.5 Å². The van der Waals surface area contributed by atoms with Crippen LogP contribution in [0.5, 0.6) is 5.75 Å². The van der Waals surface area contributed by atoms with Crippen molar-refractivity contribution in [2.24, 2.45) is 5.92 Å². The first-order chi connectivity index (χ1) is 20.9. The number of imide groups is 1. The number of aromatic nitrogens is 1. The molecule has 2 saturated heterocycles. The summed E-state index contributed by atoms with van der Waals surface area (Å²) in [4.78, 5) is 45.3. The van der Waals surface area contributed by atoms with E-state index in [1.165, 1.54) is 13.4 Å². The van der Waals surface area contributed by atoms with E-state index in [0.29, 0.717) is 41.0 Å². The lowest BCUT2D eigenvalue weighted by Crippen LogP contribution is -2.48. The van der Waals surface area contributed by atoms with Crippen LogP contribution in [0.2, 0.25) is 0 Å². The number of ether oxygens (including phenoxy) is 2. The molecule has 2 aliphatic rings. The van der Waals surface area contributed by atoms with Gasteiger partial charge in [0.1, 0.15) is 23.0 Å². The van der Waals surface area contributed by atoms with Gasteiger partial charge in [0.05, 0.1) is 19.1 Å². The Hall–Kier alpha value is -4.45. The Bertz CT molecular complexity index is 1270. The Kier molecular flexibility index (Phi) is 14.3. The normalized spacial score (nSPS) is 17.4. The van der Waals surface area contributed by atoms with Crippen LogP contribution in [-0.2, 0) is 14.3 Å². The number of carbonyl (C=O) groups excluding carboxylic acids is 3. The summed E-state index contributed by atoms with van der Waals surface area (Å²) in [7, 11) is 3.32. The summed E-state index contributed by atoms with van der Waals surface area (Å²) in [5, 5.41) is 13.0. The number of hydrogen-bond acceptors (Lipinski definition) is 8. The van der Waals surface area contributed by atoms with E-state index in [1.54, 1.807) is 37.1 Å². The van der Waals surface area contributed by atoms with E-state index in [1.807, 2.05) is 4.90 Å². The Balaban J connectivity index is 0.000000345. The summed E-state index contributed by atoms with van der Waals surface area (Å²) in [5.41, 5.74) is 1.58. The highest BCUT2D eigenvalue weighted by Gasteiger charge is 2.33. The van der Waals surface area contributed by atoms with Crippen LogP contribution in [0, 0.1) is 18.3 Å². The van der Waals surface area contributed by atoms with Gasteiger partial charge in [-0.3, -0.25) is 20.3 Å². The van der Waals surface area contributed by atoms with Crippen molar-refractivity contribution in [3.8, 4) is 5.75 Å². The lowest BCUT2D eigenvalue weighted by Gasteiger charge is -2.35. The fourth-order valence-electron chi connectivity index (χ4n) is 4.49. The lowest BCUT2D eigenvalue weighted by atomic mass is 10.1. The highest BCUT2D eigenvalue weighted by atomic mass is 16.5. The molecule has 0 bridgehead atoms. The number of nitrogens with zero attached hydrogens (tertiary/aromatic N) is 4. The molecule has 2 unspecified atom stereocenters. The summed E-state index contributed by atoms with van der Waals surface area (Å²) in [6.07, 6.45) is 8.28. The number of likely N-dealkylation sites (N-methyl/N-ethyl adjacent to an activating group) is 2. The molecular formula is C32H47N7O5. The molecule has 0 aliphatic carbocycles. The molecule has 3 heterocycles. The van der Waals surface area contributed by atoms with E-state index >= 15 is 0 Å². The quantitative estimate of drug-likeness (QED) is 0.0624. The van der Waals surface area contributed by atoms with Crippen LogP contribution in [-0.4, -0.2) is 103 Å². The molecule has 240 valence electrons. The third-order valence-electron chi connectivity index (χ3n) is 7.04. The van der Waals surface area contributed by atoms with Crippen molar-refractivity contribution in [2.75, 3.05) is 53.4 Å². The van der Waals surface area contributed by atoms with Gasteiger partial charge in [-0.05, 0) is 44.0 Å². The molecule has 3 N–H and O–H groups in total. The average Bonchev–Trinajstić information content (AvgIpc) is 3.36. The highest BCUT2D eigenvalue weighted by molar-refractivity contribution is 6.05. The van der Waals surface area contributed by atoms with E-state index in [0.717, 1.165) is 39.1 Å². The van der Waals surface area contributed by atoms with Crippen LogP contribution in [0.3, 0.4) is 0 Å². The van der Waals surface area contributed by atoms with Crippen molar-refractivity contribution in [2.45, 2.75) is 40.2 Å². The van der Waals surface area contributed by atoms with Gasteiger partial charge in [0.15, 0.2) is 6.04 Å². The first kappa shape index (κ1) is 35.7. The van der Waals surface area contributed by atoms with Crippen molar-refractivity contribution >= 4 is 23.7 Å². The third-order valence-corrected chi connectivity index (χ3v) is 7.04. The molecule has 0 spiro atoms. The lowest BCUT2D eigenvalue weighted by molar-refractivity contribution is -0.125. The van der Waals surface area contributed by atoms with E-state index < -0.39 is 18.0 Å². The number of methoxy groups -OCH3 is 1. The molecule has 12 heteroatoms. The molecule has 4 amide bonds. The van der Waals surface area contributed by atoms with E-state index in [2.05, 4.69) is 66.6 Å². The Morgan fingerprint density at radius 2 is 1.91 bits per heavy atom. The number of piperazine rings is 1. The first-order valence-electron chi connectivity index (χ1n) is 14.7. The minimum absolute atomic E-state index is 0.0740. The molecule has 1 aromatic heterocycles. The molecule has 0 saturated carbocycles. The maximum Gasteiger partial charge on any atom is 0.322 e. The summed E-state index contributed by atoms with van der Waals surface area (Å²) < 4.78 is 10.4. The standard InChI is InChI=1S/C18H24N6O3.C14H23NO2/c1-4-23-7-9-24(10-8-23)16(19)13-5-6-14(11(2)20-13)27-12(3)15-17(25)22-18(26)21-15;1-6-7-8-12(2)11-15(4)14(16)13(3)9-10-17-5/h5-6,15,19H,3-4,7-10H2,1-2H3,(H2,21,22,25,26);7-10,12H,3,6,11H2,1-2,4-5H3/b;8-7-,10-9+. The number of amidine groups is 1. The molecule has 44 heavy (non-hydrogen) atoms. The van der Waals surface area contributed by atoms with Gasteiger partial charge in [0.2, 0.25) is 0 Å². The second-order valence-electron chi connectivity index (χ2n) is 10.6. The number of rotatable bonds is 12. The fraction of sp³-hybridized carbons (Fsp3) is 0.469. The van der Waals surface area contributed by atoms with Crippen molar-refractivity contribution in [3.63, 3.8) is 0 Å². The van der Waals surface area contributed by atoms with Gasteiger partial charge in [0, 0.05) is 45.3 Å². The smallest absolute Gasteiger partial charge is 0.322 e. The number of urea groups is 1. The second-order valence-corrected chi connectivity index (χ2v) is 10.6. The average molecular weight is 610 g/mol.